The summed E-state index contributed by atoms with van der Waals surface area (Å²) in [5, 5.41) is 4.60. The first-order valence-electron chi connectivity index (χ1n) is 8.04. The first-order valence-corrected chi connectivity index (χ1v) is 8.04. The van der Waals surface area contributed by atoms with Crippen LogP contribution in [0.5, 0.6) is 0 Å². The fraction of sp³-hybridized carbons (Fsp3) is 0.316. The van der Waals surface area contributed by atoms with Crippen LogP contribution in [0.3, 0.4) is 0 Å². The van der Waals surface area contributed by atoms with Gasteiger partial charge >= 0.3 is 0 Å². The second-order valence-electron chi connectivity index (χ2n) is 5.90. The van der Waals surface area contributed by atoms with Gasteiger partial charge in [-0.1, -0.05) is 19.1 Å². The predicted molar refractivity (Wildman–Crippen MR) is 100 cm³/mol. The third-order valence-corrected chi connectivity index (χ3v) is 4.34. The molecule has 24 heavy (non-hydrogen) atoms. The third kappa shape index (κ3) is 3.39. The molecule has 0 bridgehead atoms. The molecule has 1 aromatic carbocycles. The molecule has 128 valence electrons. The first kappa shape index (κ1) is 18.3. The maximum Gasteiger partial charge on any atom is 0.150 e. The highest BCUT2D eigenvalue weighted by atomic mass is 35.5. The maximum atomic E-state index is 13.3. The minimum atomic E-state index is -0.212. The Morgan fingerprint density at radius 3 is 2.71 bits per heavy atom. The number of anilines is 1. The minimum absolute atomic E-state index is 0. The van der Waals surface area contributed by atoms with Crippen LogP contribution in [0, 0.1) is 19.7 Å². The van der Waals surface area contributed by atoms with Crippen molar-refractivity contribution in [3.8, 4) is 0 Å². The highest BCUT2D eigenvalue weighted by Gasteiger charge is 2.14. The van der Waals surface area contributed by atoms with E-state index in [2.05, 4.69) is 41.7 Å². The molecule has 3 aromatic rings. The molecule has 0 spiro atoms. The zero-order valence-corrected chi connectivity index (χ0v) is 15.1. The summed E-state index contributed by atoms with van der Waals surface area (Å²) in [6.07, 6.45) is 2.90. The van der Waals surface area contributed by atoms with E-state index in [9.17, 15) is 4.39 Å². The van der Waals surface area contributed by atoms with Crippen LogP contribution in [-0.2, 0) is 13.1 Å². The number of hydrogen-bond acceptors (Lipinski definition) is 2. The minimum Gasteiger partial charge on any atom is -0.364 e. The number of aromatic nitrogens is 2. The van der Waals surface area contributed by atoms with Gasteiger partial charge < -0.3 is 9.88 Å². The largest absolute Gasteiger partial charge is 0.364 e. The van der Waals surface area contributed by atoms with Gasteiger partial charge in [-0.3, -0.25) is 0 Å². The molecule has 3 rings (SSSR count). The van der Waals surface area contributed by atoms with Gasteiger partial charge in [0, 0.05) is 30.4 Å². The van der Waals surface area contributed by atoms with Gasteiger partial charge in [0.25, 0.3) is 0 Å². The van der Waals surface area contributed by atoms with Crippen molar-refractivity contribution in [1.82, 2.24) is 9.55 Å². The van der Waals surface area contributed by atoms with Crippen LogP contribution in [0.25, 0.3) is 10.9 Å². The highest BCUT2D eigenvalue weighted by Crippen LogP contribution is 2.30. The second-order valence-corrected chi connectivity index (χ2v) is 5.90. The number of pyridine rings is 1. The molecule has 0 saturated carbocycles. The van der Waals surface area contributed by atoms with Crippen molar-refractivity contribution in [3.05, 3.63) is 59.2 Å². The van der Waals surface area contributed by atoms with E-state index in [1.165, 1.54) is 22.7 Å². The molecule has 0 radical (unpaired) electrons. The number of benzene rings is 1. The van der Waals surface area contributed by atoms with E-state index in [0.29, 0.717) is 6.54 Å². The molecular weight excluding hydrogens is 325 g/mol. The first-order chi connectivity index (χ1) is 11.1. The molecule has 0 atom stereocenters. The average molecular weight is 348 g/mol. The second kappa shape index (κ2) is 7.67. The fourth-order valence-electron chi connectivity index (χ4n) is 3.06. The number of halogens is 2. The summed E-state index contributed by atoms with van der Waals surface area (Å²) in [4.78, 5) is 4.52. The van der Waals surface area contributed by atoms with Gasteiger partial charge in [-0.15, -0.1) is 12.4 Å². The fourth-order valence-corrected chi connectivity index (χ4v) is 3.06. The predicted octanol–water partition coefficient (Wildman–Crippen LogP) is 5.24. The summed E-state index contributed by atoms with van der Waals surface area (Å²) in [5.74, 6) is 0.646. The summed E-state index contributed by atoms with van der Waals surface area (Å²) in [6.45, 7) is 8.01. The Labute approximate surface area is 148 Å². The highest BCUT2D eigenvalue weighted by molar-refractivity contribution is 5.93. The summed E-state index contributed by atoms with van der Waals surface area (Å²) in [7, 11) is 0. The van der Waals surface area contributed by atoms with Gasteiger partial charge in [-0.2, -0.15) is 0 Å². The Balaban J connectivity index is 0.00000208. The van der Waals surface area contributed by atoms with Crippen LogP contribution >= 0.6 is 12.4 Å². The number of rotatable bonds is 5. The van der Waals surface area contributed by atoms with E-state index in [4.69, 9.17) is 0 Å². The van der Waals surface area contributed by atoms with Crippen LogP contribution in [0.15, 0.2) is 36.5 Å². The van der Waals surface area contributed by atoms with Crippen LogP contribution in [0.1, 0.15) is 30.2 Å². The Morgan fingerprint density at radius 2 is 2.00 bits per heavy atom. The Morgan fingerprint density at radius 1 is 1.21 bits per heavy atom. The van der Waals surface area contributed by atoms with E-state index in [0.717, 1.165) is 29.9 Å². The summed E-state index contributed by atoms with van der Waals surface area (Å²) in [6, 6.07) is 8.72. The lowest BCUT2D eigenvalue weighted by molar-refractivity contribution is 0.626. The van der Waals surface area contributed by atoms with E-state index < -0.39 is 0 Å². The molecule has 0 saturated heterocycles. The Kier molecular flexibility index (Phi) is 5.84. The van der Waals surface area contributed by atoms with Crippen molar-refractivity contribution in [1.29, 1.82) is 0 Å². The molecule has 0 aliphatic carbocycles. The Hall–Kier alpha value is -2.07. The SMILES string of the molecule is CCCn1c(C)c(C)c2ccnc(NCc3cccc(F)c3)c21.Cl. The quantitative estimate of drug-likeness (QED) is 0.684. The normalized spacial score (nSPS) is 10.7. The number of aryl methyl sites for hydroxylation is 2. The number of nitrogens with one attached hydrogen (secondary N) is 1. The molecule has 0 aliphatic heterocycles. The molecule has 0 unspecified atom stereocenters. The van der Waals surface area contributed by atoms with Crippen molar-refractivity contribution >= 4 is 29.1 Å². The molecule has 0 aliphatic rings. The van der Waals surface area contributed by atoms with Crippen molar-refractivity contribution < 1.29 is 4.39 Å². The van der Waals surface area contributed by atoms with Gasteiger partial charge in [0.05, 0.1) is 5.52 Å². The van der Waals surface area contributed by atoms with Crippen LogP contribution in [-0.4, -0.2) is 9.55 Å². The third-order valence-electron chi connectivity index (χ3n) is 4.34. The van der Waals surface area contributed by atoms with Gasteiger partial charge in [-0.05, 0) is 49.6 Å². The summed E-state index contributed by atoms with van der Waals surface area (Å²) in [5.41, 5.74) is 4.62. The molecule has 5 heteroatoms. The number of nitrogens with zero attached hydrogens (tertiary/aromatic N) is 2. The van der Waals surface area contributed by atoms with E-state index in [-0.39, 0.29) is 18.2 Å². The summed E-state index contributed by atoms with van der Waals surface area (Å²) < 4.78 is 15.6. The van der Waals surface area contributed by atoms with E-state index >= 15 is 0 Å². The number of hydrogen-bond donors (Lipinski definition) is 1. The summed E-state index contributed by atoms with van der Waals surface area (Å²) >= 11 is 0. The van der Waals surface area contributed by atoms with Crippen molar-refractivity contribution in [2.24, 2.45) is 0 Å². The molecular formula is C19H23ClFN3. The zero-order valence-electron chi connectivity index (χ0n) is 14.3. The lowest BCUT2D eigenvalue weighted by Gasteiger charge is -2.11. The zero-order chi connectivity index (χ0) is 16.4. The average Bonchev–Trinajstić information content (AvgIpc) is 2.79. The van der Waals surface area contributed by atoms with Crippen LogP contribution in [0.4, 0.5) is 10.2 Å². The Bertz CT molecular complexity index is 842. The van der Waals surface area contributed by atoms with E-state index in [1.54, 1.807) is 12.1 Å². The standard InChI is InChI=1S/C19H22FN3.ClH/c1-4-10-23-14(3)13(2)17-8-9-21-19(18(17)23)22-12-15-6-5-7-16(20)11-15;/h5-9,11H,4,10,12H2,1-3H3,(H,21,22);1H. The molecule has 3 nitrogen and oxygen atoms in total. The lowest BCUT2D eigenvalue weighted by Crippen LogP contribution is -2.06. The molecule has 0 fully saturated rings. The van der Waals surface area contributed by atoms with Crippen molar-refractivity contribution in [3.63, 3.8) is 0 Å². The molecule has 2 heterocycles. The van der Waals surface area contributed by atoms with Crippen molar-refractivity contribution in [2.75, 3.05) is 5.32 Å². The molecule has 0 amide bonds. The number of fused-ring (bicyclic) bond motifs is 1. The topological polar surface area (TPSA) is 29.9 Å². The van der Waals surface area contributed by atoms with E-state index in [1.807, 2.05) is 12.3 Å². The smallest absolute Gasteiger partial charge is 0.150 e. The van der Waals surface area contributed by atoms with Gasteiger partial charge in [0.2, 0.25) is 0 Å². The van der Waals surface area contributed by atoms with Crippen LogP contribution < -0.4 is 5.32 Å². The lowest BCUT2D eigenvalue weighted by atomic mass is 10.2. The monoisotopic (exact) mass is 347 g/mol. The van der Waals surface area contributed by atoms with Gasteiger partial charge in [-0.25, -0.2) is 9.37 Å². The van der Waals surface area contributed by atoms with Crippen molar-refractivity contribution in [2.45, 2.75) is 40.3 Å². The van der Waals surface area contributed by atoms with Gasteiger partial charge in [0.15, 0.2) is 5.82 Å². The molecule has 1 N–H and O–H groups in total. The molecule has 2 aromatic heterocycles. The van der Waals surface area contributed by atoms with Gasteiger partial charge in [0.1, 0.15) is 5.82 Å². The maximum absolute atomic E-state index is 13.3. The van der Waals surface area contributed by atoms with Crippen LogP contribution in [0.2, 0.25) is 0 Å².